The minimum Gasteiger partial charge on any atom is -0.439 e. The lowest BCUT2D eigenvalue weighted by molar-refractivity contribution is 0.463. The van der Waals surface area contributed by atoms with E-state index in [1.165, 1.54) is 17.9 Å². The molecule has 1 aliphatic rings. The maximum absolute atomic E-state index is 5.73. The van der Waals surface area contributed by atoms with Crippen molar-refractivity contribution in [1.29, 1.82) is 0 Å². The third-order valence-corrected chi connectivity index (χ3v) is 4.16. The molecule has 19 heavy (non-hydrogen) atoms. The van der Waals surface area contributed by atoms with Gasteiger partial charge in [-0.25, -0.2) is 4.98 Å². The molecule has 2 heterocycles. The lowest BCUT2D eigenvalue weighted by atomic mass is 10.2. The Kier molecular flexibility index (Phi) is 3.89. The summed E-state index contributed by atoms with van der Waals surface area (Å²) in [6.45, 7) is 0. The molecule has 3 rings (SSSR count). The molecule has 3 nitrogen and oxygen atoms in total. The van der Waals surface area contributed by atoms with E-state index in [0.29, 0.717) is 11.9 Å². The van der Waals surface area contributed by atoms with Crippen molar-refractivity contribution in [3.8, 4) is 11.6 Å². The van der Waals surface area contributed by atoms with Crippen LogP contribution in [0.3, 0.4) is 0 Å². The minimum atomic E-state index is 0.579. The molecule has 1 atom stereocenters. The van der Waals surface area contributed by atoms with E-state index in [-0.39, 0.29) is 0 Å². The summed E-state index contributed by atoms with van der Waals surface area (Å²) in [7, 11) is 0. The number of hydrogen-bond acceptors (Lipinski definition) is 4. The summed E-state index contributed by atoms with van der Waals surface area (Å²) in [5.74, 6) is 3.87. The van der Waals surface area contributed by atoms with Crippen molar-refractivity contribution in [3.63, 3.8) is 0 Å². The second-order valence-electron chi connectivity index (χ2n) is 4.50. The molecule has 1 aromatic heterocycles. The number of hydrogen-bond donors (Lipinski definition) is 1. The molecule has 1 aliphatic heterocycles. The van der Waals surface area contributed by atoms with Crippen LogP contribution >= 0.6 is 11.8 Å². The Balaban J connectivity index is 1.69. The second-order valence-corrected chi connectivity index (χ2v) is 5.65. The predicted molar refractivity (Wildman–Crippen MR) is 80.1 cm³/mol. The van der Waals surface area contributed by atoms with Crippen LogP contribution in [-0.2, 0) is 0 Å². The first kappa shape index (κ1) is 12.4. The molecule has 0 radical (unpaired) electrons. The highest BCUT2D eigenvalue weighted by atomic mass is 32.2. The molecule has 1 fully saturated rings. The van der Waals surface area contributed by atoms with Gasteiger partial charge in [0.05, 0.1) is 0 Å². The quantitative estimate of drug-likeness (QED) is 0.918. The molecule has 1 N–H and O–H groups in total. The average molecular weight is 272 g/mol. The van der Waals surface area contributed by atoms with Crippen LogP contribution in [-0.4, -0.2) is 22.5 Å². The molecule has 1 aromatic carbocycles. The van der Waals surface area contributed by atoms with Crippen LogP contribution in [0.4, 0.5) is 5.69 Å². The Bertz CT molecular complexity index is 527. The zero-order valence-electron chi connectivity index (χ0n) is 10.6. The number of nitrogens with zero attached hydrogens (tertiary/aromatic N) is 1. The number of anilines is 1. The lowest BCUT2D eigenvalue weighted by Gasteiger charge is -2.13. The number of thioether (sulfide) groups is 1. The van der Waals surface area contributed by atoms with Gasteiger partial charge in [0.15, 0.2) is 0 Å². The van der Waals surface area contributed by atoms with Gasteiger partial charge in [0.2, 0.25) is 5.88 Å². The van der Waals surface area contributed by atoms with Crippen LogP contribution in [0.5, 0.6) is 11.6 Å². The highest BCUT2D eigenvalue weighted by Crippen LogP contribution is 2.25. The minimum absolute atomic E-state index is 0.579. The standard InChI is InChI=1S/C15H16N2OS/c1-2-8-16-15(6-1)18-14-5-3-4-12(10-14)17-13-7-9-19-11-13/h1-6,8,10,13,17H,7,9,11H2/t13-/m0/s1. The highest BCUT2D eigenvalue weighted by Gasteiger charge is 2.14. The number of aromatic nitrogens is 1. The summed E-state index contributed by atoms with van der Waals surface area (Å²) in [6.07, 6.45) is 2.96. The summed E-state index contributed by atoms with van der Waals surface area (Å²) < 4.78 is 5.73. The predicted octanol–water partition coefficient (Wildman–Crippen LogP) is 3.79. The van der Waals surface area contributed by atoms with Gasteiger partial charge in [-0.3, -0.25) is 0 Å². The van der Waals surface area contributed by atoms with Crippen molar-refractivity contribution in [1.82, 2.24) is 4.98 Å². The first-order chi connectivity index (χ1) is 9.40. The summed E-state index contributed by atoms with van der Waals surface area (Å²) in [4.78, 5) is 4.16. The first-order valence-corrected chi connectivity index (χ1v) is 7.59. The van der Waals surface area contributed by atoms with Gasteiger partial charge < -0.3 is 10.1 Å². The van der Waals surface area contributed by atoms with Crippen LogP contribution in [0.25, 0.3) is 0 Å². The van der Waals surface area contributed by atoms with E-state index in [9.17, 15) is 0 Å². The molecule has 0 spiro atoms. The molecular weight excluding hydrogens is 256 g/mol. The topological polar surface area (TPSA) is 34.1 Å². The maximum atomic E-state index is 5.73. The van der Waals surface area contributed by atoms with E-state index in [1.54, 1.807) is 6.20 Å². The molecule has 1 saturated heterocycles. The summed E-state index contributed by atoms with van der Waals surface area (Å²) >= 11 is 2.00. The molecule has 98 valence electrons. The fourth-order valence-electron chi connectivity index (χ4n) is 2.06. The van der Waals surface area contributed by atoms with E-state index >= 15 is 0 Å². The van der Waals surface area contributed by atoms with Crippen molar-refractivity contribution in [3.05, 3.63) is 48.7 Å². The number of rotatable bonds is 4. The Labute approximate surface area is 117 Å². The van der Waals surface area contributed by atoms with Gasteiger partial charge in [-0.15, -0.1) is 0 Å². The molecule has 0 aliphatic carbocycles. The average Bonchev–Trinajstić information content (AvgIpc) is 2.93. The summed E-state index contributed by atoms with van der Waals surface area (Å²) in [5, 5.41) is 3.55. The smallest absolute Gasteiger partial charge is 0.219 e. The molecule has 0 unspecified atom stereocenters. The third-order valence-electron chi connectivity index (χ3n) is 2.99. The van der Waals surface area contributed by atoms with E-state index in [0.717, 1.165) is 11.4 Å². The second kappa shape index (κ2) is 5.97. The summed E-state index contributed by atoms with van der Waals surface area (Å²) in [5.41, 5.74) is 1.11. The van der Waals surface area contributed by atoms with Crippen molar-refractivity contribution in [2.45, 2.75) is 12.5 Å². The molecule has 0 saturated carbocycles. The van der Waals surface area contributed by atoms with Crippen LogP contribution in [0.1, 0.15) is 6.42 Å². The molecule has 2 aromatic rings. The van der Waals surface area contributed by atoms with Crippen molar-refractivity contribution in [2.24, 2.45) is 0 Å². The Hall–Kier alpha value is -1.68. The number of nitrogens with one attached hydrogen (secondary N) is 1. The number of pyridine rings is 1. The molecule has 4 heteroatoms. The fourth-order valence-corrected chi connectivity index (χ4v) is 3.21. The zero-order valence-corrected chi connectivity index (χ0v) is 11.4. The molecular formula is C15H16N2OS. The largest absolute Gasteiger partial charge is 0.439 e. The van der Waals surface area contributed by atoms with Crippen molar-refractivity contribution in [2.75, 3.05) is 16.8 Å². The maximum Gasteiger partial charge on any atom is 0.219 e. The van der Waals surface area contributed by atoms with Crippen LogP contribution in [0.15, 0.2) is 48.7 Å². The van der Waals surface area contributed by atoms with Gasteiger partial charge in [0, 0.05) is 35.8 Å². The normalized spacial score (nSPS) is 18.2. The van der Waals surface area contributed by atoms with Gasteiger partial charge in [0.1, 0.15) is 5.75 Å². The van der Waals surface area contributed by atoms with Gasteiger partial charge >= 0.3 is 0 Å². The van der Waals surface area contributed by atoms with E-state index < -0.39 is 0 Å². The van der Waals surface area contributed by atoms with Crippen LogP contribution in [0, 0.1) is 0 Å². The van der Waals surface area contributed by atoms with Gasteiger partial charge in [-0.05, 0) is 30.4 Å². The zero-order chi connectivity index (χ0) is 12.9. The Morgan fingerprint density at radius 1 is 1.21 bits per heavy atom. The number of benzene rings is 1. The number of ether oxygens (including phenoxy) is 1. The highest BCUT2D eigenvalue weighted by molar-refractivity contribution is 7.99. The Morgan fingerprint density at radius 2 is 2.21 bits per heavy atom. The SMILES string of the molecule is c1ccc(Oc2cccc(N[C@H]3CCSC3)c2)nc1. The van der Waals surface area contributed by atoms with Gasteiger partial charge in [-0.2, -0.15) is 11.8 Å². The monoisotopic (exact) mass is 272 g/mol. The van der Waals surface area contributed by atoms with Crippen molar-refractivity contribution >= 4 is 17.4 Å². The van der Waals surface area contributed by atoms with E-state index in [1.807, 2.05) is 48.2 Å². The van der Waals surface area contributed by atoms with Crippen LogP contribution in [0.2, 0.25) is 0 Å². The van der Waals surface area contributed by atoms with Gasteiger partial charge in [-0.1, -0.05) is 12.1 Å². The molecule has 0 amide bonds. The van der Waals surface area contributed by atoms with Gasteiger partial charge in [0.25, 0.3) is 0 Å². The van der Waals surface area contributed by atoms with E-state index in [2.05, 4.69) is 16.4 Å². The first-order valence-electron chi connectivity index (χ1n) is 6.43. The van der Waals surface area contributed by atoms with E-state index in [4.69, 9.17) is 4.74 Å². The third kappa shape index (κ3) is 3.41. The lowest BCUT2D eigenvalue weighted by Crippen LogP contribution is -2.17. The Morgan fingerprint density at radius 3 is 3.00 bits per heavy atom. The molecule has 0 bridgehead atoms. The summed E-state index contributed by atoms with van der Waals surface area (Å²) in [6, 6.07) is 14.3. The van der Waals surface area contributed by atoms with Crippen molar-refractivity contribution < 1.29 is 4.74 Å². The fraction of sp³-hybridized carbons (Fsp3) is 0.267. The van der Waals surface area contributed by atoms with Crippen LogP contribution < -0.4 is 10.1 Å².